The van der Waals surface area contributed by atoms with Gasteiger partial charge in [0, 0.05) is 18.0 Å². The number of amides is 1. The molecule has 1 amide bonds. The molecule has 5 heteroatoms. The first-order chi connectivity index (χ1) is 8.22. The number of ether oxygens (including phenoxy) is 2. The number of rotatable bonds is 6. The van der Waals surface area contributed by atoms with E-state index in [4.69, 9.17) is 15.2 Å². The van der Waals surface area contributed by atoms with Gasteiger partial charge in [-0.15, -0.1) is 0 Å². The summed E-state index contributed by atoms with van der Waals surface area (Å²) >= 11 is 0. The van der Waals surface area contributed by atoms with Crippen LogP contribution in [0.4, 0.5) is 16.2 Å². The monoisotopic (exact) mass is 238 g/mol. The van der Waals surface area contributed by atoms with Crippen LogP contribution in [0.2, 0.25) is 0 Å². The van der Waals surface area contributed by atoms with Gasteiger partial charge < -0.3 is 15.2 Å². The van der Waals surface area contributed by atoms with Crippen molar-refractivity contribution in [1.82, 2.24) is 0 Å². The zero-order valence-electron chi connectivity index (χ0n) is 9.94. The maximum absolute atomic E-state index is 11.3. The van der Waals surface area contributed by atoms with Gasteiger partial charge in [-0.2, -0.15) is 0 Å². The summed E-state index contributed by atoms with van der Waals surface area (Å²) < 4.78 is 10.1. The van der Waals surface area contributed by atoms with E-state index in [1.165, 1.54) is 0 Å². The van der Waals surface area contributed by atoms with Crippen LogP contribution in [0.15, 0.2) is 24.3 Å². The Bertz CT molecular complexity index is 355. The van der Waals surface area contributed by atoms with Crippen molar-refractivity contribution in [2.75, 3.05) is 30.9 Å². The summed E-state index contributed by atoms with van der Waals surface area (Å²) in [6.45, 7) is 3.36. The summed E-state index contributed by atoms with van der Waals surface area (Å²) in [7, 11) is 0. The van der Waals surface area contributed by atoms with E-state index in [9.17, 15) is 4.79 Å². The third-order valence-corrected chi connectivity index (χ3v) is 1.94. The summed E-state index contributed by atoms with van der Waals surface area (Å²) in [5.74, 6) is 0. The maximum atomic E-state index is 11.3. The third kappa shape index (κ3) is 5.77. The molecular formula is C12H18N2O3. The number of nitrogen functional groups attached to an aromatic ring is 1. The van der Waals surface area contributed by atoms with Crippen LogP contribution < -0.4 is 11.1 Å². The van der Waals surface area contributed by atoms with Crippen molar-refractivity contribution < 1.29 is 14.3 Å². The van der Waals surface area contributed by atoms with Crippen LogP contribution in [0.1, 0.15) is 13.3 Å². The fraction of sp³-hybridized carbons (Fsp3) is 0.417. The molecule has 0 atom stereocenters. The minimum atomic E-state index is -0.504. The lowest BCUT2D eigenvalue weighted by Gasteiger charge is -2.07. The second kappa shape index (κ2) is 7.51. The lowest BCUT2D eigenvalue weighted by atomic mass is 10.3. The normalized spacial score (nSPS) is 9.94. The van der Waals surface area contributed by atoms with Crippen molar-refractivity contribution in [3.05, 3.63) is 24.3 Å². The molecule has 0 saturated heterocycles. The van der Waals surface area contributed by atoms with Gasteiger partial charge >= 0.3 is 6.09 Å². The minimum Gasteiger partial charge on any atom is -0.447 e. The Kier molecular flexibility index (Phi) is 5.88. The minimum absolute atomic E-state index is 0.244. The summed E-state index contributed by atoms with van der Waals surface area (Å²) in [6.07, 6.45) is 0.450. The fourth-order valence-corrected chi connectivity index (χ4v) is 1.21. The summed E-state index contributed by atoms with van der Waals surface area (Å²) in [6, 6.07) is 6.91. The number of anilines is 2. The van der Waals surface area contributed by atoms with E-state index in [0.717, 1.165) is 6.42 Å². The Labute approximate surface area is 101 Å². The van der Waals surface area contributed by atoms with Gasteiger partial charge in [0.25, 0.3) is 0 Å². The molecule has 1 aromatic rings. The molecule has 5 nitrogen and oxygen atoms in total. The van der Waals surface area contributed by atoms with Crippen molar-refractivity contribution in [3.8, 4) is 0 Å². The number of nitrogens with one attached hydrogen (secondary N) is 1. The lowest BCUT2D eigenvalue weighted by Crippen LogP contribution is -2.16. The largest absolute Gasteiger partial charge is 0.447 e. The molecule has 17 heavy (non-hydrogen) atoms. The van der Waals surface area contributed by atoms with E-state index in [0.29, 0.717) is 24.6 Å². The third-order valence-electron chi connectivity index (χ3n) is 1.94. The smallest absolute Gasteiger partial charge is 0.411 e. The van der Waals surface area contributed by atoms with Crippen LogP contribution in [0.3, 0.4) is 0 Å². The molecule has 0 aliphatic heterocycles. The molecule has 3 N–H and O–H groups in total. The Morgan fingerprint density at radius 2 is 2.18 bits per heavy atom. The van der Waals surface area contributed by atoms with E-state index >= 15 is 0 Å². The molecule has 1 aromatic carbocycles. The predicted molar refractivity (Wildman–Crippen MR) is 66.9 cm³/mol. The molecule has 0 fully saturated rings. The van der Waals surface area contributed by atoms with Crippen LogP contribution in [-0.4, -0.2) is 25.9 Å². The van der Waals surface area contributed by atoms with Crippen molar-refractivity contribution in [2.45, 2.75) is 13.3 Å². The zero-order valence-corrected chi connectivity index (χ0v) is 9.94. The van der Waals surface area contributed by atoms with Crippen molar-refractivity contribution in [3.63, 3.8) is 0 Å². The second-order valence-electron chi connectivity index (χ2n) is 3.50. The first-order valence-electron chi connectivity index (χ1n) is 5.59. The van der Waals surface area contributed by atoms with Gasteiger partial charge in [-0.1, -0.05) is 13.0 Å². The predicted octanol–water partition coefficient (Wildman–Crippen LogP) is 2.24. The number of nitrogens with two attached hydrogens (primary N) is 1. The summed E-state index contributed by atoms with van der Waals surface area (Å²) in [5, 5.41) is 2.58. The standard InChI is InChI=1S/C12H18N2O3/c1-2-6-16-7-8-17-12(15)14-11-5-3-4-10(13)9-11/h3-5,9H,2,6-8,13H2,1H3,(H,14,15). The Hall–Kier alpha value is -1.75. The van der Waals surface area contributed by atoms with Gasteiger partial charge in [0.05, 0.1) is 6.61 Å². The van der Waals surface area contributed by atoms with E-state index in [2.05, 4.69) is 5.32 Å². The van der Waals surface area contributed by atoms with Gasteiger partial charge in [-0.05, 0) is 24.6 Å². The topological polar surface area (TPSA) is 73.6 Å². The van der Waals surface area contributed by atoms with E-state index in [1.807, 2.05) is 6.92 Å². The number of carbonyl (C=O) groups is 1. The first kappa shape index (κ1) is 13.3. The molecular weight excluding hydrogens is 220 g/mol. The molecule has 94 valence electrons. The second-order valence-corrected chi connectivity index (χ2v) is 3.50. The number of hydrogen-bond acceptors (Lipinski definition) is 4. The Balaban J connectivity index is 2.21. The van der Waals surface area contributed by atoms with Crippen LogP contribution in [0, 0.1) is 0 Å². The van der Waals surface area contributed by atoms with Crippen LogP contribution in [0.5, 0.6) is 0 Å². The van der Waals surface area contributed by atoms with Gasteiger partial charge in [0.2, 0.25) is 0 Å². The fourth-order valence-electron chi connectivity index (χ4n) is 1.21. The van der Waals surface area contributed by atoms with Crippen LogP contribution >= 0.6 is 0 Å². The molecule has 1 rings (SSSR count). The highest BCUT2D eigenvalue weighted by Crippen LogP contribution is 2.11. The van der Waals surface area contributed by atoms with Gasteiger partial charge in [0.1, 0.15) is 6.61 Å². The van der Waals surface area contributed by atoms with Gasteiger partial charge in [0.15, 0.2) is 0 Å². The molecule has 0 saturated carbocycles. The first-order valence-corrected chi connectivity index (χ1v) is 5.59. The van der Waals surface area contributed by atoms with Gasteiger partial charge in [-0.3, -0.25) is 5.32 Å². The molecule has 0 aliphatic rings. The highest BCUT2D eigenvalue weighted by Gasteiger charge is 2.02. The summed E-state index contributed by atoms with van der Waals surface area (Å²) in [5.41, 5.74) is 6.78. The van der Waals surface area contributed by atoms with Crippen LogP contribution in [-0.2, 0) is 9.47 Å². The quantitative estimate of drug-likeness (QED) is 0.589. The molecule has 0 aromatic heterocycles. The average Bonchev–Trinajstić information content (AvgIpc) is 2.29. The molecule has 0 spiro atoms. The highest BCUT2D eigenvalue weighted by molar-refractivity contribution is 5.85. The SMILES string of the molecule is CCCOCCOC(=O)Nc1cccc(N)c1. The molecule has 0 radical (unpaired) electrons. The Morgan fingerprint density at radius 1 is 1.35 bits per heavy atom. The van der Waals surface area contributed by atoms with Crippen LogP contribution in [0.25, 0.3) is 0 Å². The maximum Gasteiger partial charge on any atom is 0.411 e. The van der Waals surface area contributed by atoms with E-state index < -0.39 is 6.09 Å². The highest BCUT2D eigenvalue weighted by atomic mass is 16.6. The molecule has 0 unspecified atom stereocenters. The van der Waals surface area contributed by atoms with Gasteiger partial charge in [-0.25, -0.2) is 4.79 Å². The lowest BCUT2D eigenvalue weighted by molar-refractivity contribution is 0.0786. The number of hydrogen-bond donors (Lipinski definition) is 2. The van der Waals surface area contributed by atoms with Crippen molar-refractivity contribution in [1.29, 1.82) is 0 Å². The molecule has 0 heterocycles. The Morgan fingerprint density at radius 3 is 2.88 bits per heavy atom. The molecule has 0 aliphatic carbocycles. The van der Waals surface area contributed by atoms with Crippen molar-refractivity contribution >= 4 is 17.5 Å². The van der Waals surface area contributed by atoms with E-state index in [1.54, 1.807) is 24.3 Å². The zero-order chi connectivity index (χ0) is 12.5. The number of benzene rings is 1. The van der Waals surface area contributed by atoms with E-state index in [-0.39, 0.29) is 6.61 Å². The molecule has 0 bridgehead atoms. The number of carbonyl (C=O) groups excluding carboxylic acids is 1. The van der Waals surface area contributed by atoms with Crippen molar-refractivity contribution in [2.24, 2.45) is 0 Å². The summed E-state index contributed by atoms with van der Waals surface area (Å²) in [4.78, 5) is 11.3. The average molecular weight is 238 g/mol.